The smallest absolute Gasteiger partial charge is 0.230 e. The predicted molar refractivity (Wildman–Crippen MR) is 91.7 cm³/mol. The van der Waals surface area contributed by atoms with E-state index in [2.05, 4.69) is 9.97 Å². The lowest BCUT2D eigenvalue weighted by molar-refractivity contribution is -0.146. The molecule has 0 saturated carbocycles. The van der Waals surface area contributed by atoms with Gasteiger partial charge in [-0.3, -0.25) is 19.6 Å². The maximum absolute atomic E-state index is 12.9. The quantitative estimate of drug-likeness (QED) is 0.765. The van der Waals surface area contributed by atoms with Crippen LogP contribution in [0.25, 0.3) is 0 Å². The van der Waals surface area contributed by atoms with E-state index < -0.39 is 0 Å². The largest absolute Gasteiger partial charge is 0.383 e. The second-order valence-corrected chi connectivity index (χ2v) is 6.93. The van der Waals surface area contributed by atoms with Crippen molar-refractivity contribution in [1.29, 1.82) is 0 Å². The van der Waals surface area contributed by atoms with E-state index in [9.17, 15) is 9.59 Å². The van der Waals surface area contributed by atoms with Crippen LogP contribution in [0.2, 0.25) is 0 Å². The standard InChI is InChI=1S/C18H26N4O3/c1-25-12-11-21-9-2-5-18(17(21)24)6-10-22(14-18)16(23)4-3-15-13-19-7-8-20-15/h7-8,13H,2-6,9-12,14H2,1H3/t18-/m1/s1. The minimum absolute atomic E-state index is 0.101. The van der Waals surface area contributed by atoms with Crippen LogP contribution in [-0.2, 0) is 20.7 Å². The maximum Gasteiger partial charge on any atom is 0.230 e. The van der Waals surface area contributed by atoms with Crippen molar-refractivity contribution in [3.8, 4) is 0 Å². The van der Waals surface area contributed by atoms with E-state index >= 15 is 0 Å². The third kappa shape index (κ3) is 3.98. The number of rotatable bonds is 6. The Hall–Kier alpha value is -2.02. The van der Waals surface area contributed by atoms with E-state index in [1.165, 1.54) is 0 Å². The Morgan fingerprint density at radius 3 is 2.96 bits per heavy atom. The molecule has 7 heteroatoms. The Kier molecular flexibility index (Phi) is 5.63. The number of hydrogen-bond donors (Lipinski definition) is 0. The van der Waals surface area contributed by atoms with Crippen molar-refractivity contribution in [3.05, 3.63) is 24.3 Å². The number of nitrogens with zero attached hydrogens (tertiary/aromatic N) is 4. The molecule has 7 nitrogen and oxygen atoms in total. The molecule has 2 saturated heterocycles. The Bertz CT molecular complexity index is 610. The van der Waals surface area contributed by atoms with Gasteiger partial charge in [0.15, 0.2) is 0 Å². The predicted octanol–water partition coefficient (Wildman–Crippen LogP) is 0.897. The molecule has 1 spiro atoms. The third-order valence-corrected chi connectivity index (χ3v) is 5.31. The Labute approximate surface area is 148 Å². The van der Waals surface area contributed by atoms with Gasteiger partial charge in [0.05, 0.1) is 17.7 Å². The van der Waals surface area contributed by atoms with Crippen LogP contribution in [0.5, 0.6) is 0 Å². The number of carbonyl (C=O) groups is 2. The van der Waals surface area contributed by atoms with Gasteiger partial charge in [0.1, 0.15) is 0 Å². The van der Waals surface area contributed by atoms with Crippen molar-refractivity contribution < 1.29 is 14.3 Å². The first kappa shape index (κ1) is 17.8. The van der Waals surface area contributed by atoms with Crippen LogP contribution in [0.3, 0.4) is 0 Å². The van der Waals surface area contributed by atoms with Gasteiger partial charge in [0, 0.05) is 58.3 Å². The van der Waals surface area contributed by atoms with E-state index in [0.717, 1.165) is 31.5 Å². The van der Waals surface area contributed by atoms with Crippen molar-refractivity contribution in [2.45, 2.75) is 32.1 Å². The van der Waals surface area contributed by atoms with Crippen LogP contribution in [0.15, 0.2) is 18.6 Å². The summed E-state index contributed by atoms with van der Waals surface area (Å²) in [5, 5.41) is 0. The van der Waals surface area contributed by atoms with Crippen molar-refractivity contribution in [2.24, 2.45) is 5.41 Å². The number of hydrogen-bond acceptors (Lipinski definition) is 5. The second-order valence-electron chi connectivity index (χ2n) is 6.93. The van der Waals surface area contributed by atoms with Gasteiger partial charge in [-0.15, -0.1) is 0 Å². The van der Waals surface area contributed by atoms with Crippen molar-refractivity contribution in [1.82, 2.24) is 19.8 Å². The molecule has 3 heterocycles. The van der Waals surface area contributed by atoms with Crippen LogP contribution < -0.4 is 0 Å². The molecular formula is C18H26N4O3. The number of aromatic nitrogens is 2. The molecule has 0 aromatic carbocycles. The summed E-state index contributed by atoms with van der Waals surface area (Å²) < 4.78 is 5.11. The zero-order valence-corrected chi connectivity index (χ0v) is 14.8. The topological polar surface area (TPSA) is 75.6 Å². The Morgan fingerprint density at radius 1 is 1.32 bits per heavy atom. The number of ether oxygens (including phenoxy) is 1. The number of carbonyl (C=O) groups excluding carboxylic acids is 2. The van der Waals surface area contributed by atoms with E-state index in [-0.39, 0.29) is 17.2 Å². The van der Waals surface area contributed by atoms with Crippen LogP contribution in [-0.4, -0.2) is 71.5 Å². The highest BCUT2D eigenvalue weighted by atomic mass is 16.5. The molecule has 0 N–H and O–H groups in total. The number of methoxy groups -OCH3 is 1. The van der Waals surface area contributed by atoms with Crippen LogP contribution in [0, 0.1) is 5.41 Å². The molecule has 0 unspecified atom stereocenters. The van der Waals surface area contributed by atoms with E-state index in [1.54, 1.807) is 25.7 Å². The average Bonchev–Trinajstić information content (AvgIpc) is 3.07. The molecule has 2 amide bonds. The minimum atomic E-state index is -0.381. The Morgan fingerprint density at radius 2 is 2.20 bits per heavy atom. The first-order valence-corrected chi connectivity index (χ1v) is 8.96. The normalized spacial score (nSPS) is 23.5. The third-order valence-electron chi connectivity index (χ3n) is 5.31. The molecule has 3 rings (SSSR count). The minimum Gasteiger partial charge on any atom is -0.383 e. The molecular weight excluding hydrogens is 320 g/mol. The van der Waals surface area contributed by atoms with Gasteiger partial charge in [-0.05, 0) is 25.7 Å². The highest BCUT2D eigenvalue weighted by Crippen LogP contribution is 2.40. The SMILES string of the molecule is COCCN1CCC[C@]2(CCN(C(=O)CCc3cnccn3)C2)C1=O. The summed E-state index contributed by atoms with van der Waals surface area (Å²) in [6, 6.07) is 0. The number of piperidine rings is 1. The fourth-order valence-electron chi connectivity index (χ4n) is 3.88. The van der Waals surface area contributed by atoms with Gasteiger partial charge in [-0.2, -0.15) is 0 Å². The van der Waals surface area contributed by atoms with Crippen molar-refractivity contribution >= 4 is 11.8 Å². The second kappa shape index (κ2) is 7.91. The highest BCUT2D eigenvalue weighted by Gasteiger charge is 2.49. The molecule has 136 valence electrons. The summed E-state index contributed by atoms with van der Waals surface area (Å²) in [4.78, 5) is 37.4. The van der Waals surface area contributed by atoms with Crippen molar-refractivity contribution in [3.63, 3.8) is 0 Å². The molecule has 0 bridgehead atoms. The lowest BCUT2D eigenvalue weighted by Crippen LogP contribution is -2.51. The fraction of sp³-hybridized carbons (Fsp3) is 0.667. The number of amides is 2. The molecule has 1 aromatic rings. The van der Waals surface area contributed by atoms with Gasteiger partial charge in [0.25, 0.3) is 0 Å². The van der Waals surface area contributed by atoms with E-state index in [0.29, 0.717) is 39.1 Å². The zero-order chi connectivity index (χ0) is 17.7. The maximum atomic E-state index is 12.9. The first-order chi connectivity index (χ1) is 12.1. The first-order valence-electron chi connectivity index (χ1n) is 8.96. The molecule has 2 fully saturated rings. The molecule has 2 aliphatic rings. The molecule has 1 atom stereocenters. The van der Waals surface area contributed by atoms with Gasteiger partial charge in [0.2, 0.25) is 11.8 Å². The number of aryl methyl sites for hydroxylation is 1. The number of likely N-dealkylation sites (tertiary alicyclic amines) is 2. The molecule has 0 aliphatic carbocycles. The van der Waals surface area contributed by atoms with E-state index in [4.69, 9.17) is 4.74 Å². The summed E-state index contributed by atoms with van der Waals surface area (Å²) in [7, 11) is 1.65. The van der Waals surface area contributed by atoms with E-state index in [1.807, 2.05) is 9.80 Å². The highest BCUT2D eigenvalue weighted by molar-refractivity contribution is 5.86. The molecule has 0 radical (unpaired) electrons. The molecule has 2 aliphatic heterocycles. The van der Waals surface area contributed by atoms with Crippen LogP contribution >= 0.6 is 0 Å². The van der Waals surface area contributed by atoms with Crippen LogP contribution in [0.4, 0.5) is 0 Å². The van der Waals surface area contributed by atoms with Crippen molar-refractivity contribution in [2.75, 3.05) is 39.9 Å². The molecule has 1 aromatic heterocycles. The monoisotopic (exact) mass is 346 g/mol. The van der Waals surface area contributed by atoms with Gasteiger partial charge in [-0.25, -0.2) is 0 Å². The van der Waals surface area contributed by atoms with Gasteiger partial charge < -0.3 is 14.5 Å². The summed E-state index contributed by atoms with van der Waals surface area (Å²) in [5.74, 6) is 0.296. The molecule has 25 heavy (non-hydrogen) atoms. The zero-order valence-electron chi connectivity index (χ0n) is 14.8. The summed E-state index contributed by atoms with van der Waals surface area (Å²) >= 11 is 0. The average molecular weight is 346 g/mol. The Balaban J connectivity index is 1.56. The van der Waals surface area contributed by atoms with Gasteiger partial charge >= 0.3 is 0 Å². The summed E-state index contributed by atoms with van der Waals surface area (Å²) in [5.41, 5.74) is 0.443. The fourth-order valence-corrected chi connectivity index (χ4v) is 3.88. The lowest BCUT2D eigenvalue weighted by Gasteiger charge is -2.39. The van der Waals surface area contributed by atoms with Gasteiger partial charge in [-0.1, -0.05) is 0 Å². The summed E-state index contributed by atoms with van der Waals surface area (Å²) in [6.07, 6.45) is 8.60. The summed E-state index contributed by atoms with van der Waals surface area (Å²) in [6.45, 7) is 3.21. The van der Waals surface area contributed by atoms with Crippen LogP contribution in [0.1, 0.15) is 31.4 Å². The lowest BCUT2D eigenvalue weighted by atomic mass is 9.78.